The first-order chi connectivity index (χ1) is 9.17. The molecule has 0 aliphatic heterocycles. The van der Waals surface area contributed by atoms with E-state index in [1.165, 1.54) is 0 Å². The number of carbonyl (C=O) groups is 1. The van der Waals surface area contributed by atoms with Gasteiger partial charge >= 0.3 is 0 Å². The highest BCUT2D eigenvalue weighted by Gasteiger charge is 2.08. The van der Waals surface area contributed by atoms with Crippen molar-refractivity contribution < 1.29 is 14.3 Å². The highest BCUT2D eigenvalue weighted by molar-refractivity contribution is 6.33. The largest absolute Gasteiger partial charge is 0.382 e. The van der Waals surface area contributed by atoms with Gasteiger partial charge < -0.3 is 20.1 Å². The minimum atomic E-state index is -0.152. The van der Waals surface area contributed by atoms with Gasteiger partial charge in [-0.2, -0.15) is 0 Å². The number of methoxy groups -OCH3 is 2. The van der Waals surface area contributed by atoms with Crippen molar-refractivity contribution in [2.75, 3.05) is 39.2 Å². The van der Waals surface area contributed by atoms with Crippen LogP contribution in [0.2, 0.25) is 5.02 Å². The lowest BCUT2D eigenvalue weighted by Gasteiger charge is -2.15. The fraction of sp³-hybridized carbons (Fsp3) is 0.462. The molecule has 5 nitrogen and oxygen atoms in total. The second-order valence-corrected chi connectivity index (χ2v) is 4.38. The van der Waals surface area contributed by atoms with E-state index in [-0.39, 0.29) is 18.6 Å². The Labute approximate surface area is 118 Å². The molecule has 0 radical (unpaired) electrons. The Morgan fingerprint density at radius 2 is 2.11 bits per heavy atom. The number of rotatable bonds is 8. The van der Waals surface area contributed by atoms with Gasteiger partial charge in [0.1, 0.15) is 0 Å². The van der Waals surface area contributed by atoms with Crippen LogP contribution < -0.4 is 10.6 Å². The summed E-state index contributed by atoms with van der Waals surface area (Å²) in [6, 6.07) is 7.10. The summed E-state index contributed by atoms with van der Waals surface area (Å²) in [6.07, 6.45) is -0.0712. The van der Waals surface area contributed by atoms with Crippen LogP contribution in [0.5, 0.6) is 0 Å². The number of ether oxygens (including phenoxy) is 2. The smallest absolute Gasteiger partial charge is 0.238 e. The van der Waals surface area contributed by atoms with Gasteiger partial charge in [0, 0.05) is 20.8 Å². The zero-order valence-corrected chi connectivity index (χ0v) is 11.9. The van der Waals surface area contributed by atoms with Crippen LogP contribution >= 0.6 is 11.6 Å². The average Bonchev–Trinajstić information content (AvgIpc) is 2.40. The lowest BCUT2D eigenvalue weighted by molar-refractivity contribution is -0.115. The van der Waals surface area contributed by atoms with Gasteiger partial charge in [0.25, 0.3) is 0 Å². The maximum absolute atomic E-state index is 11.7. The van der Waals surface area contributed by atoms with Gasteiger partial charge in [0.15, 0.2) is 0 Å². The van der Waals surface area contributed by atoms with Crippen molar-refractivity contribution >= 4 is 23.2 Å². The molecule has 0 aromatic heterocycles. The molecule has 1 amide bonds. The summed E-state index contributed by atoms with van der Waals surface area (Å²) in [4.78, 5) is 11.7. The van der Waals surface area contributed by atoms with Gasteiger partial charge in [-0.3, -0.25) is 4.79 Å². The van der Waals surface area contributed by atoms with E-state index in [9.17, 15) is 4.79 Å². The third kappa shape index (κ3) is 6.02. The predicted octanol–water partition coefficient (Wildman–Crippen LogP) is 1.53. The number of carbonyl (C=O) groups excluding carboxylic acids is 1. The van der Waals surface area contributed by atoms with Gasteiger partial charge in [-0.1, -0.05) is 23.7 Å². The lowest BCUT2D eigenvalue weighted by atomic mass is 10.3. The fourth-order valence-corrected chi connectivity index (χ4v) is 1.68. The summed E-state index contributed by atoms with van der Waals surface area (Å²) < 4.78 is 10.2. The van der Waals surface area contributed by atoms with E-state index < -0.39 is 0 Å². The number of amides is 1. The van der Waals surface area contributed by atoms with Crippen LogP contribution in [0.1, 0.15) is 0 Å². The van der Waals surface area contributed by atoms with Crippen molar-refractivity contribution in [3.05, 3.63) is 29.3 Å². The maximum atomic E-state index is 11.7. The second kappa shape index (κ2) is 8.87. The summed E-state index contributed by atoms with van der Waals surface area (Å²) >= 11 is 5.94. The quantitative estimate of drug-likeness (QED) is 0.761. The molecule has 0 aliphatic carbocycles. The van der Waals surface area contributed by atoms with Crippen molar-refractivity contribution in [1.82, 2.24) is 5.32 Å². The predicted molar refractivity (Wildman–Crippen MR) is 75.6 cm³/mol. The molecule has 106 valence electrons. The van der Waals surface area contributed by atoms with Crippen LogP contribution in [0.25, 0.3) is 0 Å². The number of benzene rings is 1. The minimum absolute atomic E-state index is 0.0712. The van der Waals surface area contributed by atoms with E-state index in [1.54, 1.807) is 26.4 Å². The van der Waals surface area contributed by atoms with Crippen molar-refractivity contribution in [3.63, 3.8) is 0 Å². The number of anilines is 1. The Morgan fingerprint density at radius 1 is 1.37 bits per heavy atom. The van der Waals surface area contributed by atoms with Gasteiger partial charge in [0.2, 0.25) is 5.91 Å². The van der Waals surface area contributed by atoms with Gasteiger partial charge in [-0.05, 0) is 12.1 Å². The van der Waals surface area contributed by atoms with Gasteiger partial charge in [0.05, 0.1) is 30.0 Å². The molecule has 19 heavy (non-hydrogen) atoms. The Morgan fingerprint density at radius 3 is 2.74 bits per heavy atom. The Hall–Kier alpha value is -1.14. The van der Waals surface area contributed by atoms with Crippen LogP contribution in [0.15, 0.2) is 24.3 Å². The highest BCUT2D eigenvalue weighted by atomic mass is 35.5. The molecule has 0 aliphatic rings. The topological polar surface area (TPSA) is 59.6 Å². The lowest BCUT2D eigenvalue weighted by Crippen LogP contribution is -2.36. The average molecular weight is 287 g/mol. The maximum Gasteiger partial charge on any atom is 0.238 e. The van der Waals surface area contributed by atoms with Crippen molar-refractivity contribution in [2.45, 2.75) is 6.10 Å². The molecule has 0 heterocycles. The van der Waals surface area contributed by atoms with Gasteiger partial charge in [-0.15, -0.1) is 0 Å². The van der Waals surface area contributed by atoms with Crippen LogP contribution in [0, 0.1) is 0 Å². The van der Waals surface area contributed by atoms with E-state index in [0.717, 1.165) is 0 Å². The van der Waals surface area contributed by atoms with E-state index >= 15 is 0 Å². The Kier molecular flexibility index (Phi) is 7.43. The number of halogens is 1. The number of nitrogens with one attached hydrogen (secondary N) is 2. The zero-order valence-electron chi connectivity index (χ0n) is 11.1. The summed E-state index contributed by atoms with van der Waals surface area (Å²) in [7, 11) is 3.21. The summed E-state index contributed by atoms with van der Waals surface area (Å²) in [5.74, 6) is -0.152. The molecular weight excluding hydrogens is 268 g/mol. The van der Waals surface area contributed by atoms with Crippen molar-refractivity contribution in [2.24, 2.45) is 0 Å². The molecule has 0 fully saturated rings. The summed E-state index contributed by atoms with van der Waals surface area (Å²) in [5.41, 5.74) is 0.608. The van der Waals surface area contributed by atoms with E-state index in [1.807, 2.05) is 12.1 Å². The third-order valence-corrected chi connectivity index (χ3v) is 2.82. The first-order valence-corrected chi connectivity index (χ1v) is 6.32. The molecule has 0 saturated heterocycles. The van der Waals surface area contributed by atoms with E-state index in [4.69, 9.17) is 21.1 Å². The molecule has 1 rings (SSSR count). The zero-order chi connectivity index (χ0) is 14.1. The first kappa shape index (κ1) is 15.9. The summed E-state index contributed by atoms with van der Waals surface area (Å²) in [5, 5.41) is 6.25. The third-order valence-electron chi connectivity index (χ3n) is 2.49. The van der Waals surface area contributed by atoms with Crippen molar-refractivity contribution in [1.29, 1.82) is 0 Å². The first-order valence-electron chi connectivity index (χ1n) is 5.94. The van der Waals surface area contributed by atoms with Crippen LogP contribution in [-0.4, -0.2) is 45.9 Å². The molecule has 1 aromatic carbocycles. The molecule has 1 aromatic rings. The normalized spacial score (nSPS) is 12.2. The fourth-order valence-electron chi connectivity index (χ4n) is 1.50. The number of hydrogen-bond donors (Lipinski definition) is 2. The Bertz CT molecular complexity index is 401. The molecular formula is C13H19ClN2O3. The molecule has 6 heteroatoms. The molecule has 1 atom stereocenters. The molecule has 0 saturated carbocycles. The van der Waals surface area contributed by atoms with Crippen LogP contribution in [0.3, 0.4) is 0 Å². The van der Waals surface area contributed by atoms with Crippen LogP contribution in [0.4, 0.5) is 5.69 Å². The summed E-state index contributed by atoms with van der Waals surface area (Å²) in [6.45, 7) is 1.21. The second-order valence-electron chi connectivity index (χ2n) is 3.97. The minimum Gasteiger partial charge on any atom is -0.382 e. The van der Waals surface area contributed by atoms with Gasteiger partial charge in [-0.25, -0.2) is 0 Å². The molecule has 2 N–H and O–H groups in total. The highest BCUT2D eigenvalue weighted by Crippen LogP contribution is 2.19. The standard InChI is InChI=1S/C13H19ClN2O3/c1-18-9-10(19-2)7-15-8-13(17)16-12-6-4-3-5-11(12)14/h3-6,10,15H,7-9H2,1-2H3,(H,16,17). The molecule has 0 spiro atoms. The van der Waals surface area contributed by atoms with Crippen LogP contribution in [-0.2, 0) is 14.3 Å². The SMILES string of the molecule is COCC(CNCC(=O)Nc1ccccc1Cl)OC. The van der Waals surface area contributed by atoms with Crippen molar-refractivity contribution in [3.8, 4) is 0 Å². The number of hydrogen-bond acceptors (Lipinski definition) is 4. The molecule has 1 unspecified atom stereocenters. The van der Waals surface area contributed by atoms with E-state index in [2.05, 4.69) is 10.6 Å². The number of para-hydroxylation sites is 1. The van der Waals surface area contributed by atoms with E-state index in [0.29, 0.717) is 23.9 Å². The Balaban J connectivity index is 2.30. The monoisotopic (exact) mass is 286 g/mol. The molecule has 0 bridgehead atoms.